The molecule has 0 heterocycles. The molecule has 2 aromatic rings. The Balaban J connectivity index is 1.78. The van der Waals surface area contributed by atoms with Crippen molar-refractivity contribution in [3.8, 4) is 5.75 Å². The van der Waals surface area contributed by atoms with Crippen LogP contribution < -0.4 is 15.4 Å². The molecule has 0 saturated heterocycles. The zero-order valence-corrected chi connectivity index (χ0v) is 17.3. The van der Waals surface area contributed by atoms with Crippen molar-refractivity contribution in [1.29, 1.82) is 0 Å². The highest BCUT2D eigenvalue weighted by Gasteiger charge is 2.08. The van der Waals surface area contributed by atoms with E-state index in [2.05, 4.69) is 29.6 Å². The van der Waals surface area contributed by atoms with E-state index in [4.69, 9.17) is 21.2 Å². The lowest BCUT2D eigenvalue weighted by atomic mass is 9.99. The fraction of sp³-hybridized carbons (Fsp3) is 0.286. The van der Waals surface area contributed by atoms with Crippen molar-refractivity contribution in [2.24, 2.45) is 5.16 Å². The molecule has 2 N–H and O–H groups in total. The summed E-state index contributed by atoms with van der Waals surface area (Å²) in [7, 11) is 1.48. The number of hydrogen-bond donors (Lipinski definition) is 2. The standard InChI is InChI=1S/C21H24ClN3O4/c1-4-14(2)15-5-8-17(9-6-15)24-21(27)13-29-23-12-20(26)25-18-11-16(22)7-10-19(18)28-3/h5-12,14H,4,13H2,1-3H3,(H,24,27)(H,25,26)/b23-12-/t14-/m0/s1. The Hall–Kier alpha value is -3.06. The van der Waals surface area contributed by atoms with Crippen LogP contribution in [0.15, 0.2) is 47.6 Å². The predicted octanol–water partition coefficient (Wildman–Crippen LogP) is 4.44. The Kier molecular flexibility index (Phi) is 8.48. The summed E-state index contributed by atoms with van der Waals surface area (Å²) in [4.78, 5) is 28.7. The summed E-state index contributed by atoms with van der Waals surface area (Å²) in [5.41, 5.74) is 2.28. The molecule has 0 aliphatic rings. The number of halogens is 1. The molecule has 2 rings (SSSR count). The number of methoxy groups -OCH3 is 1. The first-order valence-electron chi connectivity index (χ1n) is 9.12. The maximum atomic E-state index is 11.9. The quantitative estimate of drug-likeness (QED) is 0.466. The van der Waals surface area contributed by atoms with Gasteiger partial charge in [-0.15, -0.1) is 0 Å². The van der Waals surface area contributed by atoms with Crippen molar-refractivity contribution in [3.05, 3.63) is 53.1 Å². The molecule has 8 heteroatoms. The van der Waals surface area contributed by atoms with Gasteiger partial charge in [0.2, 0.25) is 0 Å². The Labute approximate surface area is 175 Å². The maximum absolute atomic E-state index is 11.9. The first-order chi connectivity index (χ1) is 13.9. The summed E-state index contributed by atoms with van der Waals surface area (Å²) in [6, 6.07) is 12.5. The van der Waals surface area contributed by atoms with E-state index in [0.29, 0.717) is 28.1 Å². The minimum Gasteiger partial charge on any atom is -0.495 e. The van der Waals surface area contributed by atoms with Gasteiger partial charge in [-0.3, -0.25) is 9.59 Å². The van der Waals surface area contributed by atoms with E-state index in [-0.39, 0.29) is 12.5 Å². The minimum absolute atomic E-state index is 0.322. The molecule has 0 aliphatic carbocycles. The number of ether oxygens (including phenoxy) is 1. The number of anilines is 2. The number of hydrogen-bond acceptors (Lipinski definition) is 5. The van der Waals surface area contributed by atoms with Crippen LogP contribution in [0, 0.1) is 0 Å². The summed E-state index contributed by atoms with van der Waals surface area (Å²) in [5.74, 6) is -0.00629. The van der Waals surface area contributed by atoms with Gasteiger partial charge in [-0.05, 0) is 48.2 Å². The number of carbonyl (C=O) groups excluding carboxylic acids is 2. The van der Waals surface area contributed by atoms with Gasteiger partial charge < -0.3 is 20.2 Å². The van der Waals surface area contributed by atoms with Crippen molar-refractivity contribution < 1.29 is 19.2 Å². The van der Waals surface area contributed by atoms with Crippen LogP contribution in [0.25, 0.3) is 0 Å². The minimum atomic E-state index is -0.549. The highest BCUT2D eigenvalue weighted by Crippen LogP contribution is 2.27. The van der Waals surface area contributed by atoms with Gasteiger partial charge in [0.25, 0.3) is 11.8 Å². The van der Waals surface area contributed by atoms with E-state index in [1.54, 1.807) is 18.2 Å². The highest BCUT2D eigenvalue weighted by molar-refractivity contribution is 6.33. The molecule has 0 spiro atoms. The normalized spacial score (nSPS) is 11.7. The molecule has 0 bridgehead atoms. The summed E-state index contributed by atoms with van der Waals surface area (Å²) >= 11 is 5.91. The molecule has 0 aliphatic heterocycles. The second-order valence-electron chi connectivity index (χ2n) is 6.32. The lowest BCUT2D eigenvalue weighted by Crippen LogP contribution is -2.18. The molecule has 0 saturated carbocycles. The van der Waals surface area contributed by atoms with Crippen LogP contribution in [0.3, 0.4) is 0 Å². The van der Waals surface area contributed by atoms with Crippen molar-refractivity contribution >= 4 is 41.0 Å². The van der Waals surface area contributed by atoms with E-state index >= 15 is 0 Å². The van der Waals surface area contributed by atoms with Gasteiger partial charge >= 0.3 is 0 Å². The number of carbonyl (C=O) groups is 2. The smallest absolute Gasteiger partial charge is 0.270 e. The van der Waals surface area contributed by atoms with Crippen LogP contribution in [0.4, 0.5) is 11.4 Å². The molecular weight excluding hydrogens is 394 g/mol. The first-order valence-corrected chi connectivity index (χ1v) is 9.50. The Bertz CT molecular complexity index is 869. The molecule has 0 fully saturated rings. The maximum Gasteiger partial charge on any atom is 0.270 e. The van der Waals surface area contributed by atoms with Gasteiger partial charge in [-0.25, -0.2) is 0 Å². The average molecular weight is 418 g/mol. The van der Waals surface area contributed by atoms with E-state index in [1.807, 2.05) is 24.3 Å². The van der Waals surface area contributed by atoms with E-state index in [1.165, 1.54) is 12.7 Å². The molecular formula is C21H24ClN3O4. The van der Waals surface area contributed by atoms with Crippen LogP contribution in [0.2, 0.25) is 5.02 Å². The Morgan fingerprint density at radius 1 is 1.17 bits per heavy atom. The lowest BCUT2D eigenvalue weighted by molar-refractivity contribution is -0.120. The van der Waals surface area contributed by atoms with Gasteiger partial charge in [0.15, 0.2) is 6.61 Å². The lowest BCUT2D eigenvalue weighted by Gasteiger charge is -2.10. The topological polar surface area (TPSA) is 89.0 Å². The third-order valence-electron chi connectivity index (χ3n) is 4.24. The summed E-state index contributed by atoms with van der Waals surface area (Å²) in [6.45, 7) is 3.96. The van der Waals surface area contributed by atoms with Gasteiger partial charge in [0.1, 0.15) is 12.0 Å². The van der Waals surface area contributed by atoms with Crippen LogP contribution in [-0.4, -0.2) is 31.7 Å². The predicted molar refractivity (Wildman–Crippen MR) is 115 cm³/mol. The zero-order valence-electron chi connectivity index (χ0n) is 16.6. The van der Waals surface area contributed by atoms with Gasteiger partial charge in [0, 0.05) is 10.7 Å². The number of nitrogens with one attached hydrogen (secondary N) is 2. The van der Waals surface area contributed by atoms with Gasteiger partial charge in [0.05, 0.1) is 12.8 Å². The molecule has 0 radical (unpaired) electrons. The van der Waals surface area contributed by atoms with E-state index in [9.17, 15) is 9.59 Å². The van der Waals surface area contributed by atoms with Crippen molar-refractivity contribution in [1.82, 2.24) is 0 Å². The molecule has 29 heavy (non-hydrogen) atoms. The van der Waals surface area contributed by atoms with Crippen LogP contribution in [0.1, 0.15) is 31.7 Å². The molecule has 0 unspecified atom stereocenters. The summed E-state index contributed by atoms with van der Waals surface area (Å²) in [6.07, 6.45) is 1.98. The molecule has 7 nitrogen and oxygen atoms in total. The second-order valence-corrected chi connectivity index (χ2v) is 6.76. The van der Waals surface area contributed by atoms with E-state index in [0.717, 1.165) is 12.6 Å². The SMILES string of the molecule is CC[C@H](C)c1ccc(NC(=O)CO/N=C\C(=O)Nc2cc(Cl)ccc2OC)cc1. The molecule has 2 amide bonds. The van der Waals surface area contributed by atoms with Crippen LogP contribution >= 0.6 is 11.6 Å². The largest absolute Gasteiger partial charge is 0.495 e. The number of nitrogens with zero attached hydrogens (tertiary/aromatic N) is 1. The van der Waals surface area contributed by atoms with Gasteiger partial charge in [-0.2, -0.15) is 0 Å². The van der Waals surface area contributed by atoms with Gasteiger partial charge in [-0.1, -0.05) is 42.7 Å². The summed E-state index contributed by atoms with van der Waals surface area (Å²) < 4.78 is 5.14. The Morgan fingerprint density at radius 3 is 2.55 bits per heavy atom. The first kappa shape index (κ1) is 22.2. The third kappa shape index (κ3) is 7.12. The number of benzene rings is 2. The Morgan fingerprint density at radius 2 is 1.90 bits per heavy atom. The highest BCUT2D eigenvalue weighted by atomic mass is 35.5. The third-order valence-corrected chi connectivity index (χ3v) is 4.47. The monoisotopic (exact) mass is 417 g/mol. The van der Waals surface area contributed by atoms with Crippen molar-refractivity contribution in [2.45, 2.75) is 26.2 Å². The zero-order chi connectivity index (χ0) is 21.2. The molecule has 1 atom stereocenters. The fourth-order valence-electron chi connectivity index (χ4n) is 2.45. The molecule has 2 aromatic carbocycles. The van der Waals surface area contributed by atoms with E-state index < -0.39 is 5.91 Å². The number of rotatable bonds is 9. The van der Waals surface area contributed by atoms with Crippen molar-refractivity contribution in [3.63, 3.8) is 0 Å². The summed E-state index contributed by atoms with van der Waals surface area (Å²) in [5, 5.41) is 9.23. The van der Waals surface area contributed by atoms with Crippen LogP contribution in [0.5, 0.6) is 5.75 Å². The average Bonchev–Trinajstić information content (AvgIpc) is 2.71. The number of oxime groups is 1. The van der Waals surface area contributed by atoms with Crippen LogP contribution in [-0.2, 0) is 14.4 Å². The molecule has 154 valence electrons. The fourth-order valence-corrected chi connectivity index (χ4v) is 2.62. The van der Waals surface area contributed by atoms with Crippen molar-refractivity contribution in [2.75, 3.05) is 24.4 Å². The molecule has 0 aromatic heterocycles. The second kappa shape index (κ2) is 11.1. The number of amides is 2.